The highest BCUT2D eigenvalue weighted by molar-refractivity contribution is 7.89. The highest BCUT2D eigenvalue weighted by Gasteiger charge is 2.48. The Labute approximate surface area is 535 Å². The molecule has 1 unspecified atom stereocenters. The van der Waals surface area contributed by atoms with Gasteiger partial charge in [-0.25, -0.2) is 21.6 Å². The molecular weight excluding hydrogens is 1260 g/mol. The van der Waals surface area contributed by atoms with Gasteiger partial charge < -0.3 is 55.7 Å². The number of rotatable bonds is 8. The number of nitrogens with two attached hydrogens (primary N) is 1. The zero-order valence-electron chi connectivity index (χ0n) is 48.9. The molecule has 9 aromatic rings. The quantitative estimate of drug-likeness (QED) is 0.0661. The van der Waals surface area contributed by atoms with E-state index in [1.54, 1.807) is 39.7 Å². The Morgan fingerprint density at radius 2 is 1.08 bits per heavy atom. The smallest absolute Gasteiger partial charge is 0.322 e. The van der Waals surface area contributed by atoms with Gasteiger partial charge in [0.2, 0.25) is 20.0 Å². The van der Waals surface area contributed by atoms with Gasteiger partial charge in [-0.05, 0) is 123 Å². The van der Waals surface area contributed by atoms with Crippen molar-refractivity contribution in [3.8, 4) is 0 Å². The Bertz CT molecular complexity index is 4300. The second kappa shape index (κ2) is 26.3. The number of nitrogens with zero attached hydrogens (tertiary/aromatic N) is 6. The summed E-state index contributed by atoms with van der Waals surface area (Å²) in [5.74, 6) is -0.0956. The van der Waals surface area contributed by atoms with E-state index in [4.69, 9.17) is 52.1 Å². The average Bonchev–Trinajstić information content (AvgIpc) is 1.91. The lowest BCUT2D eigenvalue weighted by Crippen LogP contribution is -2.54. The molecule has 5 aromatic carbocycles. The lowest BCUT2D eigenvalue weighted by molar-refractivity contribution is -0.139. The first kappa shape index (κ1) is 63.4. The first-order valence-corrected chi connectivity index (χ1v) is 34.1. The van der Waals surface area contributed by atoms with Crippen LogP contribution in [0.1, 0.15) is 44.1 Å². The Morgan fingerprint density at radius 3 is 1.61 bits per heavy atom. The van der Waals surface area contributed by atoms with E-state index in [9.17, 15) is 36.3 Å². The maximum Gasteiger partial charge on any atom is 0.322 e. The van der Waals surface area contributed by atoms with Crippen molar-refractivity contribution in [1.29, 1.82) is 0 Å². The number of H-pyrrole nitrogens is 4. The summed E-state index contributed by atoms with van der Waals surface area (Å²) in [7, 11) is -6.54. The molecule has 470 valence electrons. The number of amides is 4. The summed E-state index contributed by atoms with van der Waals surface area (Å²) >= 11 is 24.8. The second-order valence-corrected chi connectivity index (χ2v) is 28.5. The molecule has 5 saturated heterocycles. The van der Waals surface area contributed by atoms with Gasteiger partial charge >= 0.3 is 6.03 Å². The third-order valence-corrected chi connectivity index (χ3v) is 21.3. The third kappa shape index (κ3) is 13.8. The normalized spacial score (nSPS) is 18.1. The van der Waals surface area contributed by atoms with Crippen molar-refractivity contribution in [2.75, 3.05) is 105 Å². The number of hydrogen-bond acceptors (Lipinski definition) is 12. The molecule has 1 spiro atoms. The Balaban J connectivity index is 0.000000123. The summed E-state index contributed by atoms with van der Waals surface area (Å²) in [6, 6.07) is 29.8. The number of anilines is 4. The maximum atomic E-state index is 12.8. The molecule has 0 bridgehead atoms. The van der Waals surface area contributed by atoms with Crippen molar-refractivity contribution in [2.24, 2.45) is 0 Å². The number of hydrogen-bond donors (Lipinski definition) is 8. The van der Waals surface area contributed by atoms with Crippen molar-refractivity contribution < 1.29 is 36.3 Å². The number of carbonyl (C=O) groups is 3. The van der Waals surface area contributed by atoms with E-state index in [1.165, 1.54) is 28.4 Å². The van der Waals surface area contributed by atoms with Crippen LogP contribution in [0.2, 0.25) is 20.1 Å². The van der Waals surface area contributed by atoms with Crippen molar-refractivity contribution in [3.05, 3.63) is 148 Å². The number of nitrogen functional groups attached to an aromatic ring is 1. The summed E-state index contributed by atoms with van der Waals surface area (Å²) in [4.78, 5) is 56.5. The molecular formula is C62H69Cl4N13O8S2. The minimum absolute atomic E-state index is 0.201. The van der Waals surface area contributed by atoms with Gasteiger partial charge in [-0.3, -0.25) is 14.9 Å². The Kier molecular flexibility index (Phi) is 18.8. The predicted octanol–water partition coefficient (Wildman–Crippen LogP) is 9.73. The number of aromatic nitrogens is 4. The van der Waals surface area contributed by atoms with Crippen LogP contribution < -0.4 is 31.1 Å². The minimum atomic E-state index is -3.41. The largest absolute Gasteiger partial charge is 0.397 e. The van der Waals surface area contributed by atoms with Crippen LogP contribution in [0.4, 0.5) is 27.5 Å². The molecule has 14 rings (SSSR count). The molecule has 4 aromatic heterocycles. The number of fused-ring (bicyclic) bond motifs is 4. The first-order chi connectivity index (χ1) is 42.5. The van der Waals surface area contributed by atoms with Crippen LogP contribution in [0, 0.1) is 0 Å². The van der Waals surface area contributed by atoms with Crippen LogP contribution in [0.3, 0.4) is 0 Å². The Hall–Kier alpha value is -7.19. The molecule has 0 radical (unpaired) electrons. The fourth-order valence-corrected chi connectivity index (χ4v) is 15.8. The van der Waals surface area contributed by atoms with Crippen molar-refractivity contribution >= 4 is 151 Å². The topological polar surface area (TPSA) is 272 Å². The molecule has 5 aliphatic rings. The summed E-state index contributed by atoms with van der Waals surface area (Å²) < 4.78 is 51.7. The number of benzene rings is 5. The third-order valence-electron chi connectivity index (χ3n) is 17.2. The van der Waals surface area contributed by atoms with Crippen LogP contribution in [0.25, 0.3) is 43.6 Å². The number of imide groups is 1. The molecule has 21 nitrogen and oxygen atoms in total. The molecule has 5 aliphatic heterocycles. The highest BCUT2D eigenvalue weighted by atomic mass is 35.5. The van der Waals surface area contributed by atoms with E-state index >= 15 is 0 Å². The van der Waals surface area contributed by atoms with Crippen LogP contribution >= 0.6 is 46.4 Å². The van der Waals surface area contributed by atoms with Gasteiger partial charge in [0.05, 0.1) is 22.4 Å². The van der Waals surface area contributed by atoms with E-state index in [-0.39, 0.29) is 11.8 Å². The predicted molar refractivity (Wildman–Crippen MR) is 355 cm³/mol. The van der Waals surface area contributed by atoms with E-state index in [0.29, 0.717) is 115 Å². The van der Waals surface area contributed by atoms with E-state index in [2.05, 4.69) is 51.3 Å². The molecule has 0 aliphatic carbocycles. The van der Waals surface area contributed by atoms with Crippen molar-refractivity contribution in [1.82, 2.24) is 44.1 Å². The number of urea groups is 1. The highest BCUT2D eigenvalue weighted by Crippen LogP contribution is 2.39. The fourth-order valence-electron chi connectivity index (χ4n) is 12.6. The molecule has 1 atom stereocenters. The number of piperidine rings is 2. The van der Waals surface area contributed by atoms with Crippen LogP contribution in [-0.2, 0) is 29.6 Å². The monoisotopic (exact) mass is 1330 g/mol. The second-order valence-electron chi connectivity index (χ2n) is 22.9. The van der Waals surface area contributed by atoms with Crippen LogP contribution in [-0.4, -0.2) is 170 Å². The van der Waals surface area contributed by atoms with E-state index in [0.717, 1.165) is 81.2 Å². The van der Waals surface area contributed by atoms with E-state index in [1.807, 2.05) is 85.3 Å². The SMILES string of the molecule is CC(O)C(=O)N1CCN(c2cc(Cl)cc3[nH]ccc23)CC1.CS(=O)(=O)N1CCN(c2cc(Cl)cc3[nH]cc(N)c23)CC1.O=C1NC(=O)C2(CCN(c3cc(Cl)cc4[nH]ccc34)CC2)N1.O=S(=O)(c1ccccc1)N1CCC(c2cc(Cl)cc3[nH]ccc23)CC1. The van der Waals surface area contributed by atoms with Gasteiger partial charge in [-0.1, -0.05) is 64.6 Å². The lowest BCUT2D eigenvalue weighted by Gasteiger charge is -2.38. The molecule has 9 heterocycles. The zero-order chi connectivity index (χ0) is 62.9. The Morgan fingerprint density at radius 1 is 0.596 bits per heavy atom. The summed E-state index contributed by atoms with van der Waals surface area (Å²) in [5, 5.41) is 21.6. The number of carbonyl (C=O) groups excluding carboxylic acids is 3. The van der Waals surface area contributed by atoms with Crippen molar-refractivity contribution in [3.63, 3.8) is 0 Å². The number of aliphatic hydroxyl groups excluding tert-OH is 1. The lowest BCUT2D eigenvalue weighted by atomic mass is 9.87. The fraction of sp³-hybridized carbons (Fsp3) is 0.339. The molecule has 27 heteroatoms. The molecule has 9 N–H and O–H groups in total. The van der Waals surface area contributed by atoms with Gasteiger partial charge in [-0.15, -0.1) is 0 Å². The first-order valence-electron chi connectivity index (χ1n) is 29.3. The maximum absolute atomic E-state index is 12.8. The summed E-state index contributed by atoms with van der Waals surface area (Å²) in [5.41, 5.74) is 14.2. The molecule has 0 saturated carbocycles. The minimum Gasteiger partial charge on any atom is -0.397 e. The van der Waals surface area contributed by atoms with Crippen LogP contribution in [0.5, 0.6) is 0 Å². The molecule has 89 heavy (non-hydrogen) atoms. The van der Waals surface area contributed by atoms with Crippen LogP contribution in [0.15, 0.2) is 127 Å². The number of piperazine rings is 2. The molecule has 4 amide bonds. The van der Waals surface area contributed by atoms with Gasteiger partial charge in [0.25, 0.3) is 11.8 Å². The van der Waals surface area contributed by atoms with Gasteiger partial charge in [0.15, 0.2) is 0 Å². The average molecular weight is 1330 g/mol. The summed E-state index contributed by atoms with van der Waals surface area (Å²) in [6.45, 7) is 8.81. The summed E-state index contributed by atoms with van der Waals surface area (Å²) in [6.07, 6.45) is 10.5. The van der Waals surface area contributed by atoms with Gasteiger partial charge in [-0.2, -0.15) is 8.61 Å². The van der Waals surface area contributed by atoms with Crippen molar-refractivity contribution in [2.45, 2.75) is 55.1 Å². The number of sulfonamides is 2. The zero-order valence-corrected chi connectivity index (χ0v) is 53.6. The number of nitrogens with one attached hydrogen (secondary N) is 6. The number of halogens is 4. The molecule has 5 fully saturated rings. The standard InChI is InChI=1S/C19H19ClN2O2S.C15H15ClN4O2.C15H18ClN3O2.C13H17ClN4O2S/c20-15-12-18(17-6-9-21-19(17)13-15)14-7-10-22(11-8-14)25(23,24)16-4-2-1-3-5-16;16-9-7-11-10(1-4-17-11)12(8-9)20-5-2-15(3-6-20)13(21)18-14(22)19-15;1-10(20)15(21)19-6-4-18(5-7-19)14-9-11(16)8-13-12(14)2-3-17-13;1-21(19,20)18-4-2-17(3-5-18)12-7-9(14)6-11-13(12)10(15)8-16-11/h1-6,9,12-14,21H,7-8,10-11H2;1,4,7-8,17H,2-3,5-6H2,(H2,18,19,21,22);2-3,8-10,17,20H,4-7H2,1H3;6-8,16H,2-5,15H2,1H3. The van der Waals surface area contributed by atoms with E-state index < -0.39 is 37.7 Å². The number of aliphatic hydroxyl groups is 1. The van der Waals surface area contributed by atoms with Gasteiger partial charge in [0.1, 0.15) is 11.6 Å². The number of aromatic amines is 4. The van der Waals surface area contributed by atoms with Gasteiger partial charge in [0, 0.05) is 179 Å².